The van der Waals surface area contributed by atoms with Crippen LogP contribution in [0.25, 0.3) is 0 Å². The van der Waals surface area contributed by atoms with E-state index in [1.807, 2.05) is 39.9 Å². The van der Waals surface area contributed by atoms with E-state index in [4.69, 9.17) is 9.47 Å². The Labute approximate surface area is 211 Å². The number of aliphatic hydroxyl groups excluding tert-OH is 2. The molecule has 8 nitrogen and oxygen atoms in total. The lowest BCUT2D eigenvalue weighted by Crippen LogP contribution is -2.35. The summed E-state index contributed by atoms with van der Waals surface area (Å²) in [7, 11) is 0. The SMILES string of the molecule is C[C@H](O)c1nccn1CC1CN(c2ccc(C#Cc3ccc(CN4CCOCC4)cc3)cc2)C(O)O1. The average Bonchev–Trinajstić information content (AvgIpc) is 3.51. The number of nitrogens with zero attached hydrogens (tertiary/aromatic N) is 4. The Morgan fingerprint density at radius 3 is 2.36 bits per heavy atom. The zero-order valence-corrected chi connectivity index (χ0v) is 20.5. The van der Waals surface area contributed by atoms with E-state index in [-0.39, 0.29) is 6.10 Å². The molecule has 188 valence electrons. The minimum absolute atomic E-state index is 0.225. The molecule has 0 radical (unpaired) electrons. The number of imidazole rings is 1. The molecule has 2 N–H and O–H groups in total. The van der Waals surface area contributed by atoms with Gasteiger partial charge >= 0.3 is 0 Å². The van der Waals surface area contributed by atoms with Crippen molar-refractivity contribution >= 4 is 5.69 Å². The van der Waals surface area contributed by atoms with Gasteiger partial charge in [-0.2, -0.15) is 0 Å². The molecule has 0 aliphatic carbocycles. The van der Waals surface area contributed by atoms with Gasteiger partial charge in [-0.15, -0.1) is 0 Å². The standard InChI is InChI=1S/C28H32N4O4/c1-21(33)27-29-12-13-31(27)19-26-20-32(28(34)36-26)25-10-8-23(9-11-25)3-2-22-4-6-24(7-5-22)18-30-14-16-35-17-15-30/h4-13,21,26,28,33-34H,14-20H2,1H3/t21-,26?,28?/m0/s1. The molecule has 8 heteroatoms. The number of anilines is 1. The van der Waals surface area contributed by atoms with Crippen molar-refractivity contribution in [2.24, 2.45) is 0 Å². The molecule has 0 saturated carbocycles. The molecule has 2 fully saturated rings. The number of aromatic nitrogens is 2. The van der Waals surface area contributed by atoms with E-state index >= 15 is 0 Å². The average molecular weight is 489 g/mol. The lowest BCUT2D eigenvalue weighted by atomic mass is 10.1. The van der Waals surface area contributed by atoms with E-state index in [0.29, 0.717) is 18.9 Å². The van der Waals surface area contributed by atoms with Gasteiger partial charge in [-0.25, -0.2) is 4.98 Å². The van der Waals surface area contributed by atoms with Gasteiger partial charge in [0, 0.05) is 48.8 Å². The van der Waals surface area contributed by atoms with Crippen molar-refractivity contribution in [1.82, 2.24) is 14.5 Å². The number of hydrogen-bond donors (Lipinski definition) is 2. The fraction of sp³-hybridized carbons (Fsp3) is 0.393. The fourth-order valence-corrected chi connectivity index (χ4v) is 4.59. The van der Waals surface area contributed by atoms with Crippen LogP contribution in [0, 0.1) is 11.8 Å². The van der Waals surface area contributed by atoms with Gasteiger partial charge in [-0.05, 0) is 48.9 Å². The summed E-state index contributed by atoms with van der Waals surface area (Å²) in [6.45, 7) is 7.23. The van der Waals surface area contributed by atoms with E-state index in [1.54, 1.807) is 13.1 Å². The van der Waals surface area contributed by atoms with Crippen molar-refractivity contribution in [1.29, 1.82) is 0 Å². The van der Waals surface area contributed by atoms with Gasteiger partial charge in [0.25, 0.3) is 0 Å². The van der Waals surface area contributed by atoms with Crippen LogP contribution in [0.1, 0.15) is 35.5 Å². The maximum absolute atomic E-state index is 10.5. The van der Waals surface area contributed by atoms with Crippen LogP contribution < -0.4 is 4.90 Å². The maximum Gasteiger partial charge on any atom is 0.238 e. The molecule has 2 aliphatic heterocycles. The summed E-state index contributed by atoms with van der Waals surface area (Å²) in [6, 6.07) is 16.2. The minimum atomic E-state index is -1.03. The Bertz CT molecular complexity index is 1190. The number of benzene rings is 2. The van der Waals surface area contributed by atoms with Crippen molar-refractivity contribution in [3.8, 4) is 11.8 Å². The summed E-state index contributed by atoms with van der Waals surface area (Å²) < 4.78 is 13.0. The lowest BCUT2D eigenvalue weighted by molar-refractivity contribution is -0.0920. The van der Waals surface area contributed by atoms with Crippen molar-refractivity contribution < 1.29 is 19.7 Å². The zero-order valence-electron chi connectivity index (χ0n) is 20.5. The van der Waals surface area contributed by atoms with Gasteiger partial charge < -0.3 is 29.2 Å². The second-order valence-corrected chi connectivity index (χ2v) is 9.23. The number of morpholine rings is 1. The number of hydrogen-bond acceptors (Lipinski definition) is 7. The highest BCUT2D eigenvalue weighted by molar-refractivity contribution is 5.52. The first-order valence-corrected chi connectivity index (χ1v) is 12.4. The van der Waals surface area contributed by atoms with Crippen LogP contribution in [-0.2, 0) is 22.6 Å². The summed E-state index contributed by atoms with van der Waals surface area (Å²) in [5.41, 5.74) is 4.03. The summed E-state index contributed by atoms with van der Waals surface area (Å²) in [4.78, 5) is 8.41. The molecule has 2 aromatic carbocycles. The van der Waals surface area contributed by atoms with Crippen LogP contribution in [0.15, 0.2) is 60.9 Å². The predicted molar refractivity (Wildman–Crippen MR) is 136 cm³/mol. The second-order valence-electron chi connectivity index (χ2n) is 9.23. The highest BCUT2D eigenvalue weighted by Gasteiger charge is 2.32. The van der Waals surface area contributed by atoms with Crippen LogP contribution in [0.3, 0.4) is 0 Å². The third-order valence-electron chi connectivity index (χ3n) is 6.52. The second kappa shape index (κ2) is 11.2. The normalized spacial score (nSPS) is 21.2. The van der Waals surface area contributed by atoms with Crippen molar-refractivity contribution in [3.63, 3.8) is 0 Å². The van der Waals surface area contributed by atoms with Gasteiger partial charge in [-0.3, -0.25) is 4.90 Å². The number of rotatable bonds is 6. The Morgan fingerprint density at radius 2 is 1.69 bits per heavy atom. The molecule has 0 amide bonds. The molecular formula is C28H32N4O4. The van der Waals surface area contributed by atoms with Crippen LogP contribution in [0.4, 0.5) is 5.69 Å². The predicted octanol–water partition coefficient (Wildman–Crippen LogP) is 2.35. The molecule has 3 atom stereocenters. The molecular weight excluding hydrogens is 456 g/mol. The zero-order chi connectivity index (χ0) is 24.9. The Kier molecular flexibility index (Phi) is 7.66. The molecule has 5 rings (SSSR count). The van der Waals surface area contributed by atoms with Gasteiger partial charge in [-0.1, -0.05) is 24.0 Å². The molecule has 0 spiro atoms. The fourth-order valence-electron chi connectivity index (χ4n) is 4.59. The molecule has 2 saturated heterocycles. The summed E-state index contributed by atoms with van der Waals surface area (Å²) in [5, 5.41) is 20.3. The van der Waals surface area contributed by atoms with Gasteiger partial charge in [0.2, 0.25) is 6.41 Å². The third-order valence-corrected chi connectivity index (χ3v) is 6.52. The summed E-state index contributed by atoms with van der Waals surface area (Å²) >= 11 is 0. The van der Waals surface area contributed by atoms with E-state index in [1.165, 1.54) is 5.56 Å². The molecule has 0 bridgehead atoms. The minimum Gasteiger partial charge on any atom is -0.385 e. The largest absolute Gasteiger partial charge is 0.385 e. The van der Waals surface area contributed by atoms with E-state index in [9.17, 15) is 10.2 Å². The molecule has 1 aromatic heterocycles. The topological polar surface area (TPSA) is 83.2 Å². The molecule has 36 heavy (non-hydrogen) atoms. The van der Waals surface area contributed by atoms with Crippen LogP contribution in [-0.4, -0.2) is 70.0 Å². The van der Waals surface area contributed by atoms with Gasteiger partial charge in [0.05, 0.1) is 32.4 Å². The first kappa shape index (κ1) is 24.5. The Hall–Kier alpha value is -3.19. The number of ether oxygens (including phenoxy) is 2. The van der Waals surface area contributed by atoms with E-state index in [2.05, 4.69) is 46.0 Å². The van der Waals surface area contributed by atoms with E-state index < -0.39 is 12.5 Å². The van der Waals surface area contributed by atoms with Crippen molar-refractivity contribution in [2.45, 2.75) is 38.6 Å². The van der Waals surface area contributed by atoms with Gasteiger partial charge in [0.15, 0.2) is 0 Å². The van der Waals surface area contributed by atoms with Crippen molar-refractivity contribution in [2.75, 3.05) is 37.7 Å². The lowest BCUT2D eigenvalue weighted by Gasteiger charge is -2.26. The third kappa shape index (κ3) is 5.95. The first-order chi connectivity index (χ1) is 17.5. The highest BCUT2D eigenvalue weighted by Crippen LogP contribution is 2.25. The summed E-state index contributed by atoms with van der Waals surface area (Å²) in [5.74, 6) is 7.04. The van der Waals surface area contributed by atoms with Gasteiger partial charge in [0.1, 0.15) is 11.9 Å². The number of aliphatic hydroxyl groups is 2. The van der Waals surface area contributed by atoms with Crippen molar-refractivity contribution in [3.05, 3.63) is 83.4 Å². The Morgan fingerprint density at radius 1 is 1.03 bits per heavy atom. The first-order valence-electron chi connectivity index (χ1n) is 12.4. The van der Waals surface area contributed by atoms with E-state index in [0.717, 1.165) is 49.7 Å². The quantitative estimate of drug-likeness (QED) is 0.516. The molecule has 3 aromatic rings. The highest BCUT2D eigenvalue weighted by atomic mass is 16.6. The summed E-state index contributed by atoms with van der Waals surface area (Å²) in [6.07, 6.45) is 1.55. The monoisotopic (exact) mass is 488 g/mol. The molecule has 2 aliphatic rings. The van der Waals surface area contributed by atoms with Crippen LogP contribution >= 0.6 is 0 Å². The maximum atomic E-state index is 10.5. The molecule has 2 unspecified atom stereocenters. The smallest absolute Gasteiger partial charge is 0.238 e. The Balaban J connectivity index is 1.17. The van der Waals surface area contributed by atoms with Crippen LogP contribution in [0.2, 0.25) is 0 Å². The molecule has 3 heterocycles. The van der Waals surface area contributed by atoms with Crippen LogP contribution in [0.5, 0.6) is 0 Å².